The smallest absolute Gasteiger partial charge is 0.166 e. The molecule has 1 saturated heterocycles. The third-order valence-corrected chi connectivity index (χ3v) is 3.47. The summed E-state index contributed by atoms with van der Waals surface area (Å²) in [5, 5.41) is 0.680. The molecule has 0 bridgehead atoms. The first kappa shape index (κ1) is 14.5. The van der Waals surface area contributed by atoms with Crippen LogP contribution in [0, 0.1) is 5.92 Å². The Morgan fingerprint density at radius 3 is 2.29 bits per heavy atom. The molecule has 0 aromatic heterocycles. The predicted molar refractivity (Wildman–Crippen MR) is 73.3 cm³/mol. The van der Waals surface area contributed by atoms with Gasteiger partial charge in [-0.15, -0.1) is 12.4 Å². The van der Waals surface area contributed by atoms with Crippen LogP contribution < -0.4 is 0 Å². The van der Waals surface area contributed by atoms with Crippen LogP contribution in [0.3, 0.4) is 0 Å². The van der Waals surface area contributed by atoms with Gasteiger partial charge in [-0.25, -0.2) is 0 Å². The van der Waals surface area contributed by atoms with Crippen LogP contribution in [0.25, 0.3) is 0 Å². The van der Waals surface area contributed by atoms with Gasteiger partial charge in [0.05, 0.1) is 0 Å². The number of piperidine rings is 1. The van der Waals surface area contributed by atoms with E-state index in [1.165, 1.54) is 0 Å². The van der Waals surface area contributed by atoms with Gasteiger partial charge in [-0.05, 0) is 57.2 Å². The van der Waals surface area contributed by atoms with Crippen LogP contribution in [0.5, 0.6) is 0 Å². The Balaban J connectivity index is 0.00000144. The normalized spacial score (nSPS) is 17.5. The average Bonchev–Trinajstić information content (AvgIpc) is 2.30. The first-order valence-corrected chi connectivity index (χ1v) is 6.03. The van der Waals surface area contributed by atoms with Crippen LogP contribution in [0.4, 0.5) is 0 Å². The van der Waals surface area contributed by atoms with Crippen LogP contribution in [0.2, 0.25) is 5.02 Å². The lowest BCUT2D eigenvalue weighted by atomic mass is 9.89. The number of carbonyl (C=O) groups is 1. The first-order valence-electron chi connectivity index (χ1n) is 5.65. The van der Waals surface area contributed by atoms with Crippen LogP contribution in [-0.2, 0) is 0 Å². The fraction of sp³-hybridized carbons (Fsp3) is 0.462. The van der Waals surface area contributed by atoms with Crippen molar-refractivity contribution in [3.05, 3.63) is 34.9 Å². The molecule has 2 rings (SSSR count). The SMILES string of the molecule is CN1CCC(C(=O)c2ccc(Cl)cc2)CC1.Cl. The number of benzene rings is 1. The van der Waals surface area contributed by atoms with Crippen molar-refractivity contribution in [3.63, 3.8) is 0 Å². The lowest BCUT2D eigenvalue weighted by molar-refractivity contribution is 0.0857. The number of hydrogen-bond donors (Lipinski definition) is 0. The second-order valence-electron chi connectivity index (χ2n) is 4.45. The van der Waals surface area contributed by atoms with Crippen molar-refractivity contribution < 1.29 is 4.79 Å². The molecule has 1 aliphatic rings. The molecule has 1 aliphatic heterocycles. The molecule has 0 aliphatic carbocycles. The van der Waals surface area contributed by atoms with Crippen LogP contribution in [0.15, 0.2) is 24.3 Å². The summed E-state index contributed by atoms with van der Waals surface area (Å²) in [6.45, 7) is 2.04. The van der Waals surface area contributed by atoms with E-state index in [0.29, 0.717) is 5.02 Å². The second-order valence-corrected chi connectivity index (χ2v) is 4.89. The van der Waals surface area contributed by atoms with E-state index in [9.17, 15) is 4.79 Å². The average molecular weight is 274 g/mol. The molecule has 1 aromatic carbocycles. The molecule has 0 N–H and O–H groups in total. The number of rotatable bonds is 2. The predicted octanol–water partition coefficient (Wildman–Crippen LogP) is 3.29. The zero-order valence-electron chi connectivity index (χ0n) is 9.86. The summed E-state index contributed by atoms with van der Waals surface area (Å²) in [5.74, 6) is 0.460. The van der Waals surface area contributed by atoms with Crippen LogP contribution >= 0.6 is 24.0 Å². The molecule has 17 heavy (non-hydrogen) atoms. The van der Waals surface area contributed by atoms with Crippen molar-refractivity contribution in [2.45, 2.75) is 12.8 Å². The summed E-state index contributed by atoms with van der Waals surface area (Å²) < 4.78 is 0. The highest BCUT2D eigenvalue weighted by Gasteiger charge is 2.23. The van der Waals surface area contributed by atoms with Crippen molar-refractivity contribution in [3.8, 4) is 0 Å². The third kappa shape index (κ3) is 3.70. The summed E-state index contributed by atoms with van der Waals surface area (Å²) in [5.41, 5.74) is 0.791. The van der Waals surface area contributed by atoms with E-state index in [2.05, 4.69) is 11.9 Å². The molecule has 1 heterocycles. The van der Waals surface area contributed by atoms with Gasteiger partial charge in [-0.3, -0.25) is 4.79 Å². The Kier molecular flexibility index (Phi) is 5.44. The summed E-state index contributed by atoms with van der Waals surface area (Å²) in [7, 11) is 2.10. The van der Waals surface area contributed by atoms with Gasteiger partial charge in [0.1, 0.15) is 0 Å². The minimum absolute atomic E-state index is 0. The number of likely N-dealkylation sites (tertiary alicyclic amines) is 1. The van der Waals surface area contributed by atoms with E-state index in [1.807, 2.05) is 12.1 Å². The molecule has 0 unspecified atom stereocenters. The number of hydrogen-bond acceptors (Lipinski definition) is 2. The lowest BCUT2D eigenvalue weighted by Crippen LogP contribution is -2.33. The van der Waals surface area contributed by atoms with Gasteiger partial charge in [-0.2, -0.15) is 0 Å². The lowest BCUT2D eigenvalue weighted by Gasteiger charge is -2.27. The molecule has 2 nitrogen and oxygen atoms in total. The largest absolute Gasteiger partial charge is 0.306 e. The van der Waals surface area contributed by atoms with Gasteiger partial charge in [0.2, 0.25) is 0 Å². The van der Waals surface area contributed by atoms with Crippen LogP contribution in [0.1, 0.15) is 23.2 Å². The highest BCUT2D eigenvalue weighted by molar-refractivity contribution is 6.30. The number of carbonyl (C=O) groups excluding carboxylic acids is 1. The van der Waals surface area contributed by atoms with Crippen molar-refractivity contribution in [2.75, 3.05) is 20.1 Å². The number of nitrogens with zero attached hydrogens (tertiary/aromatic N) is 1. The molecule has 0 radical (unpaired) electrons. The number of ketones is 1. The molecule has 0 atom stereocenters. The Morgan fingerprint density at radius 1 is 1.24 bits per heavy atom. The zero-order valence-corrected chi connectivity index (χ0v) is 11.4. The maximum absolute atomic E-state index is 12.2. The first-order chi connectivity index (χ1) is 7.66. The van der Waals surface area contributed by atoms with E-state index in [-0.39, 0.29) is 24.1 Å². The van der Waals surface area contributed by atoms with Gasteiger partial charge in [-0.1, -0.05) is 11.6 Å². The summed E-state index contributed by atoms with van der Waals surface area (Å²) in [4.78, 5) is 14.4. The van der Waals surface area contributed by atoms with Crippen LogP contribution in [-0.4, -0.2) is 30.8 Å². The fourth-order valence-corrected chi connectivity index (χ4v) is 2.25. The van der Waals surface area contributed by atoms with Crippen molar-refractivity contribution in [2.24, 2.45) is 5.92 Å². The quantitative estimate of drug-likeness (QED) is 0.771. The monoisotopic (exact) mass is 273 g/mol. The molecular formula is C13H17Cl2NO. The van der Waals surface area contributed by atoms with E-state index in [0.717, 1.165) is 31.5 Å². The van der Waals surface area contributed by atoms with Crippen molar-refractivity contribution in [1.82, 2.24) is 4.90 Å². The topological polar surface area (TPSA) is 20.3 Å². The van der Waals surface area contributed by atoms with E-state index < -0.39 is 0 Å². The van der Waals surface area contributed by atoms with E-state index in [4.69, 9.17) is 11.6 Å². The van der Waals surface area contributed by atoms with Gasteiger partial charge in [0.15, 0.2) is 5.78 Å². The minimum atomic E-state index is 0. The Labute approximate surface area is 113 Å². The van der Waals surface area contributed by atoms with E-state index >= 15 is 0 Å². The zero-order chi connectivity index (χ0) is 11.5. The third-order valence-electron chi connectivity index (χ3n) is 3.22. The van der Waals surface area contributed by atoms with Crippen molar-refractivity contribution >= 4 is 29.8 Å². The van der Waals surface area contributed by atoms with Gasteiger partial charge >= 0.3 is 0 Å². The summed E-state index contributed by atoms with van der Waals surface area (Å²) in [6.07, 6.45) is 1.94. The number of Topliss-reactive ketones (excluding diaryl/α,β-unsaturated/α-hetero) is 1. The standard InChI is InChI=1S/C13H16ClNO.ClH/c1-15-8-6-11(7-9-15)13(16)10-2-4-12(14)5-3-10;/h2-5,11H,6-9H2,1H3;1H. The molecule has 0 spiro atoms. The minimum Gasteiger partial charge on any atom is -0.306 e. The summed E-state index contributed by atoms with van der Waals surface area (Å²) in [6, 6.07) is 7.21. The molecule has 1 fully saturated rings. The molecule has 4 heteroatoms. The van der Waals surface area contributed by atoms with E-state index in [1.54, 1.807) is 12.1 Å². The molecule has 0 amide bonds. The Hall–Kier alpha value is -0.570. The van der Waals surface area contributed by atoms with Gasteiger partial charge < -0.3 is 4.90 Å². The molecular weight excluding hydrogens is 257 g/mol. The Bertz CT molecular complexity index is 370. The second kappa shape index (κ2) is 6.39. The highest BCUT2D eigenvalue weighted by Crippen LogP contribution is 2.21. The number of halogens is 2. The molecule has 0 saturated carbocycles. The van der Waals surface area contributed by atoms with Crippen molar-refractivity contribution in [1.29, 1.82) is 0 Å². The maximum Gasteiger partial charge on any atom is 0.166 e. The van der Waals surface area contributed by atoms with Gasteiger partial charge in [0.25, 0.3) is 0 Å². The van der Waals surface area contributed by atoms with Gasteiger partial charge in [0, 0.05) is 16.5 Å². The molecule has 94 valence electrons. The molecule has 1 aromatic rings. The Morgan fingerprint density at radius 2 is 1.76 bits per heavy atom. The highest BCUT2D eigenvalue weighted by atomic mass is 35.5. The summed E-state index contributed by atoms with van der Waals surface area (Å²) >= 11 is 5.80. The fourth-order valence-electron chi connectivity index (χ4n) is 2.12. The maximum atomic E-state index is 12.2.